The van der Waals surface area contributed by atoms with Crippen molar-refractivity contribution in [3.63, 3.8) is 0 Å². The number of rotatable bonds is 3. The van der Waals surface area contributed by atoms with Gasteiger partial charge in [-0.2, -0.15) is 4.98 Å². The standard InChI is InChI=1S/C15H16Cl2N2O/c1-8-5-9(2)10(3)13(6-8)20-15-12(17)7-11(16)14(18-4)19-15/h5-7H,1-4H3,(H,18,19). The van der Waals surface area contributed by atoms with Crippen LogP contribution in [-0.2, 0) is 0 Å². The zero-order chi connectivity index (χ0) is 14.9. The minimum atomic E-state index is 0.341. The molecule has 20 heavy (non-hydrogen) atoms. The molecular weight excluding hydrogens is 295 g/mol. The highest BCUT2D eigenvalue weighted by Gasteiger charge is 2.12. The van der Waals surface area contributed by atoms with Crippen LogP contribution in [0.15, 0.2) is 18.2 Å². The van der Waals surface area contributed by atoms with Crippen LogP contribution in [-0.4, -0.2) is 12.0 Å². The second-order valence-electron chi connectivity index (χ2n) is 4.66. The molecule has 0 amide bonds. The number of anilines is 1. The van der Waals surface area contributed by atoms with Crippen molar-refractivity contribution >= 4 is 29.0 Å². The van der Waals surface area contributed by atoms with Crippen molar-refractivity contribution in [2.24, 2.45) is 0 Å². The van der Waals surface area contributed by atoms with Crippen molar-refractivity contribution < 1.29 is 4.74 Å². The number of aromatic nitrogens is 1. The lowest BCUT2D eigenvalue weighted by Gasteiger charge is -2.13. The maximum atomic E-state index is 6.14. The molecule has 5 heteroatoms. The summed E-state index contributed by atoms with van der Waals surface area (Å²) in [7, 11) is 1.74. The summed E-state index contributed by atoms with van der Waals surface area (Å²) in [6.45, 7) is 6.08. The summed E-state index contributed by atoms with van der Waals surface area (Å²) in [5.74, 6) is 1.63. The van der Waals surface area contributed by atoms with Crippen molar-refractivity contribution in [2.75, 3.05) is 12.4 Å². The maximum Gasteiger partial charge on any atom is 0.240 e. The van der Waals surface area contributed by atoms with Crippen LogP contribution < -0.4 is 10.1 Å². The molecule has 0 atom stereocenters. The molecule has 106 valence electrons. The smallest absolute Gasteiger partial charge is 0.240 e. The molecule has 3 nitrogen and oxygen atoms in total. The quantitative estimate of drug-likeness (QED) is 0.851. The largest absolute Gasteiger partial charge is 0.437 e. The van der Waals surface area contributed by atoms with Gasteiger partial charge in [0.25, 0.3) is 0 Å². The zero-order valence-corrected chi connectivity index (χ0v) is 13.4. The number of halogens is 2. The van der Waals surface area contributed by atoms with Crippen LogP contribution in [0.2, 0.25) is 10.0 Å². The molecule has 0 aliphatic rings. The second kappa shape index (κ2) is 5.90. The molecule has 0 fully saturated rings. The number of benzene rings is 1. The van der Waals surface area contributed by atoms with Gasteiger partial charge in [-0.05, 0) is 49.6 Å². The number of pyridine rings is 1. The van der Waals surface area contributed by atoms with E-state index >= 15 is 0 Å². The van der Waals surface area contributed by atoms with Crippen molar-refractivity contribution in [3.8, 4) is 11.6 Å². The Labute approximate surface area is 128 Å². The Hall–Kier alpha value is -1.45. The Balaban J connectivity index is 2.45. The molecule has 2 rings (SSSR count). The topological polar surface area (TPSA) is 34.2 Å². The fraction of sp³-hybridized carbons (Fsp3) is 0.267. The molecule has 0 spiro atoms. The van der Waals surface area contributed by atoms with Crippen LogP contribution >= 0.6 is 23.2 Å². The molecule has 1 aromatic carbocycles. The van der Waals surface area contributed by atoms with Crippen LogP contribution in [0.3, 0.4) is 0 Å². The molecule has 0 bridgehead atoms. The first-order valence-electron chi connectivity index (χ1n) is 6.22. The van der Waals surface area contributed by atoms with Crippen LogP contribution in [0.5, 0.6) is 11.6 Å². The van der Waals surface area contributed by atoms with E-state index in [1.165, 1.54) is 5.56 Å². The van der Waals surface area contributed by atoms with Gasteiger partial charge in [-0.15, -0.1) is 0 Å². The van der Waals surface area contributed by atoms with Crippen molar-refractivity contribution in [2.45, 2.75) is 20.8 Å². The lowest BCUT2D eigenvalue weighted by Crippen LogP contribution is -1.98. The van der Waals surface area contributed by atoms with Gasteiger partial charge in [-0.25, -0.2) is 0 Å². The number of hydrogen-bond donors (Lipinski definition) is 1. The zero-order valence-electron chi connectivity index (χ0n) is 11.8. The summed E-state index contributed by atoms with van der Waals surface area (Å²) < 4.78 is 5.86. The van der Waals surface area contributed by atoms with E-state index in [4.69, 9.17) is 27.9 Å². The first-order chi connectivity index (χ1) is 9.42. The van der Waals surface area contributed by atoms with Crippen LogP contribution in [0.1, 0.15) is 16.7 Å². The predicted octanol–water partition coefficient (Wildman–Crippen LogP) is 5.15. The first-order valence-corrected chi connectivity index (χ1v) is 6.97. The summed E-state index contributed by atoms with van der Waals surface area (Å²) in [5, 5.41) is 3.75. The van der Waals surface area contributed by atoms with Gasteiger partial charge in [0.1, 0.15) is 16.6 Å². The number of ether oxygens (including phenoxy) is 1. The lowest BCUT2D eigenvalue weighted by atomic mass is 10.1. The molecule has 1 heterocycles. The van der Waals surface area contributed by atoms with E-state index in [9.17, 15) is 0 Å². The number of nitrogens with one attached hydrogen (secondary N) is 1. The van der Waals surface area contributed by atoms with Crippen LogP contribution in [0.4, 0.5) is 5.82 Å². The Morgan fingerprint density at radius 1 is 1.05 bits per heavy atom. The van der Waals surface area contributed by atoms with E-state index in [0.717, 1.165) is 16.9 Å². The fourth-order valence-electron chi connectivity index (χ4n) is 1.91. The highest BCUT2D eigenvalue weighted by molar-refractivity contribution is 6.36. The third-order valence-corrected chi connectivity index (χ3v) is 3.66. The van der Waals surface area contributed by atoms with Crippen molar-refractivity contribution in [1.29, 1.82) is 0 Å². The summed E-state index contributed by atoms with van der Waals surface area (Å²) in [6.07, 6.45) is 0. The van der Waals surface area contributed by atoms with Gasteiger partial charge in [0.15, 0.2) is 0 Å². The average molecular weight is 311 g/mol. The average Bonchev–Trinajstić information content (AvgIpc) is 2.38. The van der Waals surface area contributed by atoms with Gasteiger partial charge in [0.05, 0.1) is 5.02 Å². The SMILES string of the molecule is CNc1nc(Oc2cc(C)cc(C)c2C)c(Cl)cc1Cl. The minimum Gasteiger partial charge on any atom is -0.437 e. The van der Waals surface area contributed by atoms with E-state index < -0.39 is 0 Å². The molecule has 0 saturated heterocycles. The monoisotopic (exact) mass is 310 g/mol. The fourth-order valence-corrected chi connectivity index (χ4v) is 2.40. The lowest BCUT2D eigenvalue weighted by molar-refractivity contribution is 0.459. The number of hydrogen-bond acceptors (Lipinski definition) is 3. The minimum absolute atomic E-state index is 0.341. The summed E-state index contributed by atoms with van der Waals surface area (Å²) in [5.41, 5.74) is 3.36. The van der Waals surface area contributed by atoms with Crippen LogP contribution in [0, 0.1) is 20.8 Å². The van der Waals surface area contributed by atoms with Gasteiger partial charge in [0, 0.05) is 7.05 Å². The second-order valence-corrected chi connectivity index (χ2v) is 5.48. The molecule has 2 aromatic rings. The molecule has 0 aliphatic heterocycles. The van der Waals surface area contributed by atoms with E-state index in [1.54, 1.807) is 13.1 Å². The summed E-state index contributed by atoms with van der Waals surface area (Å²) in [6, 6.07) is 5.70. The molecular formula is C15H16Cl2N2O. The molecule has 1 aromatic heterocycles. The van der Waals surface area contributed by atoms with Gasteiger partial charge >= 0.3 is 0 Å². The molecule has 0 aliphatic carbocycles. The van der Waals surface area contributed by atoms with Gasteiger partial charge < -0.3 is 10.1 Å². The summed E-state index contributed by atoms with van der Waals surface area (Å²) >= 11 is 12.2. The number of aryl methyl sites for hydroxylation is 2. The molecule has 1 N–H and O–H groups in total. The first kappa shape index (κ1) is 14.9. The number of nitrogens with zero attached hydrogens (tertiary/aromatic N) is 1. The van der Waals surface area contributed by atoms with Gasteiger partial charge in [0.2, 0.25) is 5.88 Å². The van der Waals surface area contributed by atoms with E-state index in [1.807, 2.05) is 26.8 Å². The third-order valence-electron chi connectivity index (χ3n) is 3.10. The maximum absolute atomic E-state index is 6.14. The highest BCUT2D eigenvalue weighted by Crippen LogP contribution is 2.35. The van der Waals surface area contributed by atoms with Crippen molar-refractivity contribution in [1.82, 2.24) is 4.98 Å². The van der Waals surface area contributed by atoms with Crippen LogP contribution in [0.25, 0.3) is 0 Å². The van der Waals surface area contributed by atoms with E-state index in [2.05, 4.69) is 16.4 Å². The predicted molar refractivity (Wildman–Crippen MR) is 84.5 cm³/mol. The summed E-state index contributed by atoms with van der Waals surface area (Å²) in [4.78, 5) is 4.29. The highest BCUT2D eigenvalue weighted by atomic mass is 35.5. The molecule has 0 unspecified atom stereocenters. The Kier molecular flexibility index (Phi) is 4.41. The Morgan fingerprint density at radius 3 is 2.40 bits per heavy atom. The van der Waals surface area contributed by atoms with E-state index in [0.29, 0.717) is 21.7 Å². The van der Waals surface area contributed by atoms with Gasteiger partial charge in [-0.3, -0.25) is 0 Å². The third kappa shape index (κ3) is 3.00. The van der Waals surface area contributed by atoms with Gasteiger partial charge in [-0.1, -0.05) is 29.3 Å². The molecule has 0 radical (unpaired) electrons. The van der Waals surface area contributed by atoms with Crippen molar-refractivity contribution in [3.05, 3.63) is 44.9 Å². The Bertz CT molecular complexity index is 657. The normalized spacial score (nSPS) is 10.5. The Morgan fingerprint density at radius 2 is 1.75 bits per heavy atom. The molecule has 0 saturated carbocycles. The van der Waals surface area contributed by atoms with E-state index in [-0.39, 0.29) is 0 Å².